The molecular formula is C20H28FN2O3+. The number of nitrogens with zero attached hydrogens (tertiary/aromatic N) is 1. The highest BCUT2D eigenvalue weighted by molar-refractivity contribution is 5.96. The number of rotatable bonds is 7. The molecular weight excluding hydrogens is 335 g/mol. The molecule has 0 saturated heterocycles. The van der Waals surface area contributed by atoms with Gasteiger partial charge in [0.2, 0.25) is 0 Å². The van der Waals surface area contributed by atoms with Crippen LogP contribution in [0.25, 0.3) is 0 Å². The summed E-state index contributed by atoms with van der Waals surface area (Å²) in [7, 11) is 1.38. The van der Waals surface area contributed by atoms with Gasteiger partial charge >= 0.3 is 5.97 Å². The number of benzene rings is 1. The van der Waals surface area contributed by atoms with Gasteiger partial charge in [0.25, 0.3) is 5.91 Å². The zero-order valence-electron chi connectivity index (χ0n) is 16.1. The van der Waals surface area contributed by atoms with Crippen LogP contribution in [0.1, 0.15) is 39.7 Å². The predicted molar refractivity (Wildman–Crippen MR) is 96.3 cm³/mol. The number of carbonyl (C=O) groups excluding carboxylic acids is 2. The number of carbonyl (C=O) groups is 2. The van der Waals surface area contributed by atoms with Crippen LogP contribution in [0.5, 0.6) is 0 Å². The van der Waals surface area contributed by atoms with E-state index in [2.05, 4.69) is 0 Å². The highest BCUT2D eigenvalue weighted by atomic mass is 19.1. The molecule has 0 fully saturated rings. The molecule has 1 heterocycles. The number of hydrogen-bond acceptors (Lipinski definition) is 3. The van der Waals surface area contributed by atoms with Gasteiger partial charge in [0.1, 0.15) is 5.82 Å². The molecule has 0 spiro atoms. The van der Waals surface area contributed by atoms with Gasteiger partial charge in [-0.3, -0.25) is 9.69 Å². The maximum Gasteiger partial charge on any atom is 0.364 e. The first kappa shape index (κ1) is 20.1. The van der Waals surface area contributed by atoms with Gasteiger partial charge in [0.05, 0.1) is 13.7 Å². The van der Waals surface area contributed by atoms with Crippen molar-refractivity contribution in [3.8, 4) is 0 Å². The summed E-state index contributed by atoms with van der Waals surface area (Å²) in [4.78, 5) is 26.6. The Bertz CT molecular complexity index is 698. The van der Waals surface area contributed by atoms with Gasteiger partial charge in [-0.1, -0.05) is 26.0 Å². The Kier molecular flexibility index (Phi) is 6.53. The molecule has 2 atom stereocenters. The third-order valence-electron chi connectivity index (χ3n) is 4.86. The first-order valence-corrected chi connectivity index (χ1v) is 8.90. The SMILES string of the molecule is COC(=O)[C@H](CC(C)C)[NH2+][C@@H]1C(C)=C(C)C(=O)N1Cc1ccc(F)cc1. The summed E-state index contributed by atoms with van der Waals surface area (Å²) in [5.41, 5.74) is 2.48. The van der Waals surface area contributed by atoms with Gasteiger partial charge in [0.15, 0.2) is 12.2 Å². The Morgan fingerprint density at radius 1 is 1.27 bits per heavy atom. The third-order valence-corrected chi connectivity index (χ3v) is 4.86. The number of ether oxygens (including phenoxy) is 1. The van der Waals surface area contributed by atoms with E-state index >= 15 is 0 Å². The monoisotopic (exact) mass is 363 g/mol. The molecule has 5 nitrogen and oxygen atoms in total. The fourth-order valence-corrected chi connectivity index (χ4v) is 3.30. The number of amides is 1. The summed E-state index contributed by atoms with van der Waals surface area (Å²) in [6.07, 6.45) is 0.393. The van der Waals surface area contributed by atoms with Crippen LogP contribution in [0, 0.1) is 11.7 Å². The van der Waals surface area contributed by atoms with E-state index in [0.717, 1.165) is 11.1 Å². The van der Waals surface area contributed by atoms with Gasteiger partial charge in [-0.15, -0.1) is 0 Å². The van der Waals surface area contributed by atoms with Crippen LogP contribution in [0.15, 0.2) is 35.4 Å². The van der Waals surface area contributed by atoms with Crippen molar-refractivity contribution in [3.63, 3.8) is 0 Å². The molecule has 0 radical (unpaired) electrons. The standard InChI is InChI=1S/C20H27FN2O3/c1-12(2)10-17(20(25)26-5)22-18-13(3)14(4)19(24)23(18)11-15-6-8-16(21)9-7-15/h6-9,12,17-18,22H,10-11H2,1-5H3/p+1/t17-,18-/m0/s1. The average molecular weight is 363 g/mol. The summed E-state index contributed by atoms with van der Waals surface area (Å²) >= 11 is 0. The van der Waals surface area contributed by atoms with Gasteiger partial charge in [0, 0.05) is 17.6 Å². The van der Waals surface area contributed by atoms with Crippen molar-refractivity contribution < 1.29 is 24.0 Å². The highest BCUT2D eigenvalue weighted by Gasteiger charge is 2.40. The maximum absolute atomic E-state index is 13.2. The molecule has 0 aliphatic carbocycles. The molecule has 0 saturated carbocycles. The van der Waals surface area contributed by atoms with Crippen LogP contribution in [-0.2, 0) is 20.9 Å². The van der Waals surface area contributed by atoms with E-state index in [1.54, 1.807) is 24.0 Å². The highest BCUT2D eigenvalue weighted by Crippen LogP contribution is 2.24. The molecule has 6 heteroatoms. The normalized spacial score (nSPS) is 18.7. The van der Waals surface area contributed by atoms with Crippen molar-refractivity contribution in [1.29, 1.82) is 0 Å². The van der Waals surface area contributed by atoms with Crippen molar-refractivity contribution >= 4 is 11.9 Å². The lowest BCUT2D eigenvalue weighted by Crippen LogP contribution is -2.99. The largest absolute Gasteiger partial charge is 0.465 e. The molecule has 0 unspecified atom stereocenters. The number of nitrogens with two attached hydrogens (primary N) is 1. The molecule has 2 rings (SSSR count). The van der Waals surface area contributed by atoms with Crippen molar-refractivity contribution in [2.75, 3.05) is 7.11 Å². The molecule has 1 amide bonds. The molecule has 26 heavy (non-hydrogen) atoms. The molecule has 1 aromatic rings. The van der Waals surface area contributed by atoms with Crippen LogP contribution >= 0.6 is 0 Å². The first-order valence-electron chi connectivity index (χ1n) is 8.90. The molecule has 1 aromatic carbocycles. The van der Waals surface area contributed by atoms with E-state index in [0.29, 0.717) is 24.5 Å². The zero-order chi connectivity index (χ0) is 19.4. The second-order valence-corrected chi connectivity index (χ2v) is 7.26. The van der Waals surface area contributed by atoms with Crippen LogP contribution < -0.4 is 5.32 Å². The minimum atomic E-state index is -0.380. The molecule has 1 aliphatic heterocycles. The fourth-order valence-electron chi connectivity index (χ4n) is 3.30. The first-order chi connectivity index (χ1) is 12.2. The Morgan fingerprint density at radius 2 is 1.88 bits per heavy atom. The van der Waals surface area contributed by atoms with Crippen molar-refractivity contribution in [1.82, 2.24) is 4.90 Å². The summed E-state index contributed by atoms with van der Waals surface area (Å²) in [5.74, 6) is -0.326. The maximum atomic E-state index is 13.2. The van der Waals surface area contributed by atoms with Crippen LogP contribution in [0.3, 0.4) is 0 Å². The van der Waals surface area contributed by atoms with E-state index in [-0.39, 0.29) is 29.9 Å². The van der Waals surface area contributed by atoms with Crippen LogP contribution in [-0.4, -0.2) is 36.1 Å². The lowest BCUT2D eigenvalue weighted by molar-refractivity contribution is -0.719. The summed E-state index contributed by atoms with van der Waals surface area (Å²) in [6, 6.07) is 5.74. The Labute approximate surface area is 154 Å². The number of methoxy groups -OCH3 is 1. The average Bonchev–Trinajstić information content (AvgIpc) is 2.80. The molecule has 142 valence electrons. The lowest BCUT2D eigenvalue weighted by atomic mass is 10.0. The minimum Gasteiger partial charge on any atom is -0.465 e. The molecule has 1 aliphatic rings. The molecule has 2 N–H and O–H groups in total. The smallest absolute Gasteiger partial charge is 0.364 e. The summed E-state index contributed by atoms with van der Waals surface area (Å²) < 4.78 is 18.1. The Morgan fingerprint density at radius 3 is 2.42 bits per heavy atom. The lowest BCUT2D eigenvalue weighted by Gasteiger charge is -2.28. The van der Waals surface area contributed by atoms with Crippen molar-refractivity contribution in [3.05, 3.63) is 46.8 Å². The van der Waals surface area contributed by atoms with Crippen molar-refractivity contribution in [2.24, 2.45) is 5.92 Å². The van der Waals surface area contributed by atoms with E-state index in [1.165, 1.54) is 19.2 Å². The second kappa shape index (κ2) is 8.45. The van der Waals surface area contributed by atoms with Crippen LogP contribution in [0.4, 0.5) is 4.39 Å². The van der Waals surface area contributed by atoms with E-state index in [4.69, 9.17) is 4.74 Å². The minimum absolute atomic E-state index is 0.0544. The number of halogens is 1. The Hall–Kier alpha value is -2.21. The summed E-state index contributed by atoms with van der Waals surface area (Å²) in [6.45, 7) is 8.19. The quantitative estimate of drug-likeness (QED) is 0.754. The van der Waals surface area contributed by atoms with E-state index in [1.807, 2.05) is 26.1 Å². The predicted octanol–water partition coefficient (Wildman–Crippen LogP) is 1.98. The second-order valence-electron chi connectivity index (χ2n) is 7.26. The topological polar surface area (TPSA) is 63.2 Å². The van der Waals surface area contributed by atoms with Gasteiger partial charge in [-0.05, 0) is 37.5 Å². The molecule has 0 aromatic heterocycles. The molecule has 0 bridgehead atoms. The third kappa shape index (κ3) is 4.49. The summed E-state index contributed by atoms with van der Waals surface area (Å²) in [5, 5.41) is 1.92. The Balaban J connectivity index is 2.24. The van der Waals surface area contributed by atoms with Crippen molar-refractivity contribution in [2.45, 2.75) is 52.9 Å². The van der Waals surface area contributed by atoms with E-state index < -0.39 is 0 Å². The number of quaternary nitrogens is 1. The van der Waals surface area contributed by atoms with Gasteiger partial charge in [-0.25, -0.2) is 9.18 Å². The fraction of sp³-hybridized carbons (Fsp3) is 0.500. The van der Waals surface area contributed by atoms with Gasteiger partial charge in [-0.2, -0.15) is 0 Å². The number of esters is 1. The van der Waals surface area contributed by atoms with E-state index in [9.17, 15) is 14.0 Å². The number of hydrogen-bond donors (Lipinski definition) is 1. The zero-order valence-corrected chi connectivity index (χ0v) is 16.1. The van der Waals surface area contributed by atoms with Crippen LogP contribution in [0.2, 0.25) is 0 Å². The van der Waals surface area contributed by atoms with Gasteiger partial charge < -0.3 is 10.1 Å².